The van der Waals surface area contributed by atoms with Crippen LogP contribution >= 0.6 is 23.4 Å². The lowest BCUT2D eigenvalue weighted by atomic mass is 9.93. The summed E-state index contributed by atoms with van der Waals surface area (Å²) in [6.45, 7) is 5.62. The number of nitrogens with zero attached hydrogens (tertiary/aromatic N) is 4. The first-order valence-corrected chi connectivity index (χ1v) is 11.6. The second-order valence-corrected chi connectivity index (χ2v) is 9.06. The van der Waals surface area contributed by atoms with Gasteiger partial charge >= 0.3 is 5.97 Å². The molecule has 1 aromatic carbocycles. The molecule has 7 nitrogen and oxygen atoms in total. The number of carbonyl (C=O) groups excluding carboxylic acids is 2. The summed E-state index contributed by atoms with van der Waals surface area (Å²) in [5.74, 6) is 0.412. The Morgan fingerprint density at radius 2 is 2.10 bits per heavy atom. The lowest BCUT2D eigenvalue weighted by Gasteiger charge is -2.38. The van der Waals surface area contributed by atoms with E-state index in [1.165, 1.54) is 16.4 Å². The maximum Gasteiger partial charge on any atom is 0.309 e. The highest BCUT2D eigenvalue weighted by atomic mass is 35.5. The van der Waals surface area contributed by atoms with Gasteiger partial charge < -0.3 is 4.74 Å². The van der Waals surface area contributed by atoms with E-state index < -0.39 is 0 Å². The van der Waals surface area contributed by atoms with Gasteiger partial charge in [-0.1, -0.05) is 42.4 Å². The molecule has 0 aliphatic carbocycles. The van der Waals surface area contributed by atoms with Crippen molar-refractivity contribution in [2.45, 2.75) is 49.6 Å². The van der Waals surface area contributed by atoms with Crippen molar-refractivity contribution in [2.75, 3.05) is 19.7 Å². The van der Waals surface area contributed by atoms with Crippen molar-refractivity contribution in [1.82, 2.24) is 19.7 Å². The SMILES string of the molecule is CCOC(=O)C1CCN(C(c2cccc(Cl)c2)C2Sc3nc(CC)nn3C2=O)CC1. The molecule has 1 aromatic heterocycles. The quantitative estimate of drug-likeness (QED) is 0.624. The first-order chi connectivity index (χ1) is 14.5. The number of fused-ring (bicyclic) bond motifs is 1. The van der Waals surface area contributed by atoms with Crippen molar-refractivity contribution in [2.24, 2.45) is 5.92 Å². The number of aromatic nitrogens is 3. The molecule has 0 N–H and O–H groups in total. The maximum atomic E-state index is 13.2. The Morgan fingerprint density at radius 1 is 1.33 bits per heavy atom. The number of halogens is 1. The van der Waals surface area contributed by atoms with Crippen LogP contribution in [0.15, 0.2) is 29.4 Å². The van der Waals surface area contributed by atoms with E-state index in [-0.39, 0.29) is 29.1 Å². The number of esters is 1. The van der Waals surface area contributed by atoms with Gasteiger partial charge in [0.25, 0.3) is 5.91 Å². The molecule has 1 saturated heterocycles. The van der Waals surface area contributed by atoms with E-state index in [9.17, 15) is 9.59 Å². The highest BCUT2D eigenvalue weighted by Gasteiger charge is 2.44. The van der Waals surface area contributed by atoms with Gasteiger partial charge in [-0.05, 0) is 50.6 Å². The number of carbonyl (C=O) groups is 2. The van der Waals surface area contributed by atoms with Crippen molar-refractivity contribution in [3.05, 3.63) is 40.7 Å². The zero-order valence-electron chi connectivity index (χ0n) is 17.1. The normalized spacial score (nSPS) is 20.9. The molecule has 4 rings (SSSR count). The summed E-state index contributed by atoms with van der Waals surface area (Å²) in [5, 5.41) is 5.29. The van der Waals surface area contributed by atoms with Crippen LogP contribution in [-0.4, -0.2) is 56.5 Å². The van der Waals surface area contributed by atoms with Crippen LogP contribution in [0.4, 0.5) is 0 Å². The number of hydrogen-bond acceptors (Lipinski definition) is 7. The van der Waals surface area contributed by atoms with Gasteiger partial charge in [-0.25, -0.2) is 4.98 Å². The number of rotatable bonds is 6. The van der Waals surface area contributed by atoms with Crippen LogP contribution in [0, 0.1) is 5.92 Å². The molecule has 9 heteroatoms. The van der Waals surface area contributed by atoms with E-state index in [4.69, 9.17) is 16.3 Å². The van der Waals surface area contributed by atoms with E-state index >= 15 is 0 Å². The molecule has 0 bridgehead atoms. The minimum absolute atomic E-state index is 0.0558. The molecule has 2 unspecified atom stereocenters. The number of piperidine rings is 1. The number of hydrogen-bond donors (Lipinski definition) is 0. The second-order valence-electron chi connectivity index (χ2n) is 7.51. The van der Waals surface area contributed by atoms with Gasteiger partial charge in [0.15, 0.2) is 11.0 Å². The first kappa shape index (κ1) is 21.3. The highest BCUT2D eigenvalue weighted by Crippen LogP contribution is 2.42. The monoisotopic (exact) mass is 448 g/mol. The number of thioether (sulfide) groups is 1. The van der Waals surface area contributed by atoms with Gasteiger partial charge in [-0.3, -0.25) is 14.5 Å². The van der Waals surface area contributed by atoms with Crippen molar-refractivity contribution in [1.29, 1.82) is 0 Å². The molecular weight excluding hydrogens is 424 g/mol. The summed E-state index contributed by atoms with van der Waals surface area (Å²) in [7, 11) is 0. The Hall–Kier alpha value is -1.90. The van der Waals surface area contributed by atoms with Crippen LogP contribution in [0.1, 0.15) is 48.9 Å². The van der Waals surface area contributed by atoms with E-state index in [0.29, 0.717) is 55.0 Å². The average molecular weight is 449 g/mol. The van der Waals surface area contributed by atoms with Crippen LogP contribution in [0.25, 0.3) is 0 Å². The Balaban J connectivity index is 1.58. The average Bonchev–Trinajstić information content (AvgIpc) is 3.28. The zero-order valence-corrected chi connectivity index (χ0v) is 18.7. The van der Waals surface area contributed by atoms with Gasteiger partial charge in [0.2, 0.25) is 0 Å². The number of aryl methyl sites for hydroxylation is 1. The summed E-state index contributed by atoms with van der Waals surface area (Å²) in [6, 6.07) is 7.50. The fourth-order valence-corrected chi connectivity index (χ4v) is 5.61. The molecule has 2 atom stereocenters. The van der Waals surface area contributed by atoms with Gasteiger partial charge in [-0.2, -0.15) is 4.68 Å². The van der Waals surface area contributed by atoms with Crippen LogP contribution in [0.3, 0.4) is 0 Å². The summed E-state index contributed by atoms with van der Waals surface area (Å²) >= 11 is 7.74. The van der Waals surface area contributed by atoms with Crippen LogP contribution in [0.5, 0.6) is 0 Å². The van der Waals surface area contributed by atoms with E-state index in [0.717, 1.165) is 5.56 Å². The predicted molar refractivity (Wildman–Crippen MR) is 115 cm³/mol. The van der Waals surface area contributed by atoms with Crippen LogP contribution < -0.4 is 0 Å². The molecule has 0 amide bonds. The molecule has 160 valence electrons. The molecule has 30 heavy (non-hydrogen) atoms. The molecule has 2 aliphatic rings. The molecule has 0 saturated carbocycles. The molecule has 0 radical (unpaired) electrons. The standard InChI is InChI=1S/C21H25ClN4O3S/c1-3-16-23-21-26(24-16)19(27)18(30-21)17(14-6-5-7-15(22)12-14)25-10-8-13(9-11-25)20(28)29-4-2/h5-7,12-13,17-18H,3-4,8-11H2,1-2H3. The Morgan fingerprint density at radius 3 is 2.73 bits per heavy atom. The predicted octanol–water partition coefficient (Wildman–Crippen LogP) is 3.62. The molecule has 2 aliphatic heterocycles. The molecule has 3 heterocycles. The summed E-state index contributed by atoms with van der Waals surface area (Å²) < 4.78 is 6.64. The van der Waals surface area contributed by atoms with E-state index in [1.54, 1.807) is 0 Å². The lowest BCUT2D eigenvalue weighted by Crippen LogP contribution is -2.44. The largest absolute Gasteiger partial charge is 0.466 e. The van der Waals surface area contributed by atoms with Gasteiger partial charge in [0.05, 0.1) is 18.6 Å². The fourth-order valence-electron chi connectivity index (χ4n) is 4.13. The molecular formula is C21H25ClN4O3S. The van der Waals surface area contributed by atoms with Crippen molar-refractivity contribution < 1.29 is 14.3 Å². The number of benzene rings is 1. The van der Waals surface area contributed by atoms with E-state index in [1.807, 2.05) is 38.1 Å². The van der Waals surface area contributed by atoms with Gasteiger partial charge in [0, 0.05) is 11.4 Å². The summed E-state index contributed by atoms with van der Waals surface area (Å²) in [5.41, 5.74) is 0.990. The third-order valence-corrected chi connectivity index (χ3v) is 7.07. The van der Waals surface area contributed by atoms with Crippen molar-refractivity contribution >= 4 is 35.2 Å². The molecule has 2 aromatic rings. The van der Waals surface area contributed by atoms with E-state index in [2.05, 4.69) is 15.0 Å². The lowest BCUT2D eigenvalue weighted by molar-refractivity contribution is -0.149. The minimum atomic E-state index is -0.358. The number of likely N-dealkylation sites (tertiary alicyclic amines) is 1. The second kappa shape index (κ2) is 9.08. The summed E-state index contributed by atoms with van der Waals surface area (Å²) in [4.78, 5) is 32.1. The molecule has 0 spiro atoms. The smallest absolute Gasteiger partial charge is 0.309 e. The molecule has 1 fully saturated rings. The fraction of sp³-hybridized carbons (Fsp3) is 0.524. The Labute approximate surface area is 185 Å². The van der Waals surface area contributed by atoms with Crippen molar-refractivity contribution in [3.63, 3.8) is 0 Å². The Bertz CT molecular complexity index is 942. The third kappa shape index (κ3) is 4.13. The zero-order chi connectivity index (χ0) is 21.3. The highest BCUT2D eigenvalue weighted by molar-refractivity contribution is 8.00. The number of ether oxygens (including phenoxy) is 1. The van der Waals surface area contributed by atoms with Gasteiger partial charge in [0.1, 0.15) is 5.25 Å². The van der Waals surface area contributed by atoms with Crippen molar-refractivity contribution in [3.8, 4) is 0 Å². The van der Waals surface area contributed by atoms with Crippen LogP contribution in [0.2, 0.25) is 5.02 Å². The van der Waals surface area contributed by atoms with Gasteiger partial charge in [-0.15, -0.1) is 5.10 Å². The summed E-state index contributed by atoms with van der Waals surface area (Å²) in [6.07, 6.45) is 2.12. The minimum Gasteiger partial charge on any atom is -0.466 e. The Kier molecular flexibility index (Phi) is 6.46. The topological polar surface area (TPSA) is 77.3 Å². The van der Waals surface area contributed by atoms with Crippen LogP contribution in [-0.2, 0) is 16.0 Å². The third-order valence-electron chi connectivity index (χ3n) is 5.64. The first-order valence-electron chi connectivity index (χ1n) is 10.3. The maximum absolute atomic E-state index is 13.2.